The molecule has 0 aromatic carbocycles. The number of amides is 2. The lowest BCUT2D eigenvalue weighted by Crippen LogP contribution is -2.46. The first kappa shape index (κ1) is 21.5. The van der Waals surface area contributed by atoms with Gasteiger partial charge in [-0.3, -0.25) is 4.57 Å². The monoisotopic (exact) mass is 362 g/mol. The van der Waals surface area contributed by atoms with E-state index < -0.39 is 7.37 Å². The lowest BCUT2D eigenvalue weighted by Gasteiger charge is -2.27. The first-order chi connectivity index (χ1) is 11.5. The maximum atomic E-state index is 12.1. The molecule has 24 heavy (non-hydrogen) atoms. The molecule has 1 saturated carbocycles. The lowest BCUT2D eigenvalue weighted by molar-refractivity contribution is 0.208. The topological polar surface area (TPSA) is 87.7 Å². The zero-order chi connectivity index (χ0) is 17.8. The number of aliphatic hydroxyl groups excluding tert-OH is 1. The normalized spacial score (nSPS) is 20.0. The summed E-state index contributed by atoms with van der Waals surface area (Å²) in [4.78, 5) is 12.1. The summed E-state index contributed by atoms with van der Waals surface area (Å²) in [5, 5.41) is 15.1. The van der Waals surface area contributed by atoms with Crippen LogP contribution in [-0.4, -0.2) is 49.8 Å². The predicted molar refractivity (Wildman–Crippen MR) is 97.9 cm³/mol. The van der Waals surface area contributed by atoms with Crippen LogP contribution in [0.25, 0.3) is 0 Å². The van der Waals surface area contributed by atoms with E-state index in [1.165, 1.54) is 25.7 Å². The summed E-state index contributed by atoms with van der Waals surface area (Å²) in [6.07, 6.45) is 8.91. The summed E-state index contributed by atoms with van der Waals surface area (Å²) in [5.74, 6) is 0.458. The number of aliphatic hydroxyl groups is 1. The Balaban J connectivity index is 2.33. The molecular formula is C17H35N2O4P. The van der Waals surface area contributed by atoms with Crippen molar-refractivity contribution in [3.05, 3.63) is 0 Å². The molecular weight excluding hydrogens is 327 g/mol. The molecule has 0 radical (unpaired) electrons. The van der Waals surface area contributed by atoms with Crippen molar-refractivity contribution in [1.82, 2.24) is 10.6 Å². The van der Waals surface area contributed by atoms with Gasteiger partial charge in [-0.1, -0.05) is 25.7 Å². The number of carbonyl (C=O) groups is 1. The van der Waals surface area contributed by atoms with Crippen molar-refractivity contribution in [3.63, 3.8) is 0 Å². The molecule has 0 spiro atoms. The molecule has 0 saturated heterocycles. The van der Waals surface area contributed by atoms with Gasteiger partial charge in [0.15, 0.2) is 7.37 Å². The van der Waals surface area contributed by atoms with Crippen molar-refractivity contribution in [2.75, 3.05) is 32.6 Å². The third-order valence-corrected chi connectivity index (χ3v) is 6.59. The molecule has 6 nitrogen and oxygen atoms in total. The van der Waals surface area contributed by atoms with Gasteiger partial charge >= 0.3 is 6.03 Å². The van der Waals surface area contributed by atoms with E-state index >= 15 is 0 Å². The van der Waals surface area contributed by atoms with Crippen molar-refractivity contribution in [2.24, 2.45) is 5.92 Å². The maximum absolute atomic E-state index is 12.1. The largest absolute Gasteiger partial charge is 0.396 e. The van der Waals surface area contributed by atoms with Gasteiger partial charge in [-0.15, -0.1) is 0 Å². The fourth-order valence-electron chi connectivity index (χ4n) is 3.40. The Morgan fingerprint density at radius 3 is 2.54 bits per heavy atom. The molecule has 0 aromatic rings. The molecule has 1 fully saturated rings. The van der Waals surface area contributed by atoms with Crippen LogP contribution in [-0.2, 0) is 9.09 Å². The van der Waals surface area contributed by atoms with Gasteiger partial charge in [-0.2, -0.15) is 0 Å². The highest BCUT2D eigenvalue weighted by Gasteiger charge is 2.24. The molecule has 3 N–H and O–H groups in total. The zero-order valence-electron chi connectivity index (χ0n) is 15.3. The first-order valence-electron chi connectivity index (χ1n) is 9.35. The highest BCUT2D eigenvalue weighted by molar-refractivity contribution is 7.58. The lowest BCUT2D eigenvalue weighted by atomic mass is 9.90. The summed E-state index contributed by atoms with van der Waals surface area (Å²) in [6.45, 7) is 4.49. The molecule has 2 amide bonds. The molecule has 1 aliphatic carbocycles. The van der Waals surface area contributed by atoms with E-state index in [0.717, 1.165) is 12.8 Å². The van der Waals surface area contributed by atoms with Gasteiger partial charge in [0.05, 0.1) is 6.61 Å². The Kier molecular flexibility index (Phi) is 10.6. The van der Waals surface area contributed by atoms with Crippen molar-refractivity contribution < 1.29 is 19.0 Å². The van der Waals surface area contributed by atoms with E-state index in [1.54, 1.807) is 6.66 Å². The maximum Gasteiger partial charge on any atom is 0.315 e. The second-order valence-corrected chi connectivity index (χ2v) is 9.51. The standard InChI is InChI=1S/C17H35N2O4P/c1-3-23-24(2,22)14-8-12-18-17(21)19-16(11-13-20)15-9-6-4-5-7-10-15/h15-16,20H,3-14H2,1-2H3,(H2,18,19,21). The average molecular weight is 362 g/mol. The second kappa shape index (κ2) is 11.9. The Hall–Kier alpha value is -0.580. The highest BCUT2D eigenvalue weighted by atomic mass is 31.2. The third kappa shape index (κ3) is 9.05. The minimum absolute atomic E-state index is 0.0359. The van der Waals surface area contributed by atoms with Crippen LogP contribution in [0.3, 0.4) is 0 Å². The summed E-state index contributed by atoms with van der Waals surface area (Å²) in [6, 6.07) is -0.158. The van der Waals surface area contributed by atoms with Crippen LogP contribution in [0.1, 0.15) is 58.3 Å². The summed E-state index contributed by atoms with van der Waals surface area (Å²) < 4.78 is 17.2. The fraction of sp³-hybridized carbons (Fsp3) is 0.941. The number of hydrogen-bond acceptors (Lipinski definition) is 4. The third-order valence-electron chi connectivity index (χ3n) is 4.65. The van der Waals surface area contributed by atoms with Crippen LogP contribution in [0.15, 0.2) is 0 Å². The Labute approximate surface area is 146 Å². The number of hydrogen-bond donors (Lipinski definition) is 3. The Bertz CT molecular complexity index is 398. The zero-order valence-corrected chi connectivity index (χ0v) is 16.2. The van der Waals surface area contributed by atoms with E-state index in [9.17, 15) is 14.5 Å². The smallest absolute Gasteiger partial charge is 0.315 e. The van der Waals surface area contributed by atoms with Gasteiger partial charge in [-0.25, -0.2) is 4.79 Å². The van der Waals surface area contributed by atoms with Crippen LogP contribution in [0, 0.1) is 5.92 Å². The van der Waals surface area contributed by atoms with Crippen molar-refractivity contribution in [2.45, 2.75) is 64.3 Å². The minimum Gasteiger partial charge on any atom is -0.396 e. The van der Waals surface area contributed by atoms with E-state index in [2.05, 4.69) is 10.6 Å². The predicted octanol–water partition coefficient (Wildman–Crippen LogP) is 3.34. The van der Waals surface area contributed by atoms with E-state index in [0.29, 0.717) is 38.1 Å². The number of urea groups is 1. The minimum atomic E-state index is -2.52. The molecule has 0 aliphatic heterocycles. The number of carbonyl (C=O) groups excluding carboxylic acids is 1. The number of nitrogens with one attached hydrogen (secondary N) is 2. The molecule has 2 unspecified atom stereocenters. The molecule has 142 valence electrons. The van der Waals surface area contributed by atoms with Gasteiger partial charge < -0.3 is 20.3 Å². The summed E-state index contributed by atoms with van der Waals surface area (Å²) in [5.41, 5.74) is 0. The van der Waals surface area contributed by atoms with Gasteiger partial charge in [0.1, 0.15) is 0 Å². The molecule has 2 atom stereocenters. The fourth-order valence-corrected chi connectivity index (χ4v) is 4.81. The Morgan fingerprint density at radius 1 is 1.29 bits per heavy atom. The van der Waals surface area contributed by atoms with Gasteiger partial charge in [0.2, 0.25) is 0 Å². The van der Waals surface area contributed by atoms with Crippen LogP contribution in [0.4, 0.5) is 4.79 Å². The van der Waals surface area contributed by atoms with Crippen LogP contribution in [0.2, 0.25) is 0 Å². The van der Waals surface area contributed by atoms with E-state index in [1.807, 2.05) is 6.92 Å². The molecule has 0 aromatic heterocycles. The molecule has 1 aliphatic rings. The highest BCUT2D eigenvalue weighted by Crippen LogP contribution is 2.42. The molecule has 0 bridgehead atoms. The van der Waals surface area contributed by atoms with Crippen molar-refractivity contribution in [3.8, 4) is 0 Å². The van der Waals surface area contributed by atoms with Crippen molar-refractivity contribution >= 4 is 13.4 Å². The summed E-state index contributed by atoms with van der Waals surface area (Å²) in [7, 11) is -2.52. The SMILES string of the molecule is CCOP(C)(=O)CCCNC(=O)NC(CCO)C1CCCCCC1. The van der Waals surface area contributed by atoms with E-state index in [-0.39, 0.29) is 18.7 Å². The number of rotatable bonds is 10. The van der Waals surface area contributed by atoms with Gasteiger partial charge in [-0.05, 0) is 38.5 Å². The van der Waals surface area contributed by atoms with Gasteiger partial charge in [0, 0.05) is 32.0 Å². The van der Waals surface area contributed by atoms with E-state index in [4.69, 9.17) is 4.52 Å². The second-order valence-electron chi connectivity index (χ2n) is 6.78. The van der Waals surface area contributed by atoms with Gasteiger partial charge in [0.25, 0.3) is 0 Å². The quantitative estimate of drug-likeness (QED) is 0.316. The average Bonchev–Trinajstić information content (AvgIpc) is 2.80. The van der Waals surface area contributed by atoms with Crippen LogP contribution in [0.5, 0.6) is 0 Å². The Morgan fingerprint density at radius 2 is 1.96 bits per heavy atom. The van der Waals surface area contributed by atoms with Crippen LogP contribution >= 0.6 is 7.37 Å². The first-order valence-corrected chi connectivity index (χ1v) is 11.6. The molecule has 7 heteroatoms. The van der Waals surface area contributed by atoms with Crippen LogP contribution < -0.4 is 10.6 Å². The summed E-state index contributed by atoms with van der Waals surface area (Å²) >= 11 is 0. The molecule has 0 heterocycles. The van der Waals surface area contributed by atoms with Crippen molar-refractivity contribution in [1.29, 1.82) is 0 Å². The molecule has 1 rings (SSSR count).